The number of rotatable bonds is 4. The van der Waals surface area contributed by atoms with Gasteiger partial charge in [0.1, 0.15) is 5.75 Å². The molecule has 0 aliphatic carbocycles. The Bertz CT molecular complexity index is 547. The van der Waals surface area contributed by atoms with Crippen LogP contribution in [-0.2, 0) is 6.42 Å². The van der Waals surface area contributed by atoms with Crippen LogP contribution in [0.25, 0.3) is 11.3 Å². The van der Waals surface area contributed by atoms with Gasteiger partial charge in [0.2, 0.25) is 0 Å². The second-order valence-electron chi connectivity index (χ2n) is 4.36. The molecule has 0 fully saturated rings. The fraction of sp³-hybridized carbons (Fsp3) is 0.357. The van der Waals surface area contributed by atoms with Crippen LogP contribution in [0.3, 0.4) is 0 Å². The summed E-state index contributed by atoms with van der Waals surface area (Å²) in [5.74, 6) is 1.67. The lowest BCUT2D eigenvalue weighted by molar-refractivity contribution is 0.410. The van der Waals surface area contributed by atoms with Gasteiger partial charge in [0.05, 0.1) is 12.8 Å². The molecule has 1 aromatic heterocycles. The topological polar surface area (TPSA) is 61.3 Å². The van der Waals surface area contributed by atoms with Crippen molar-refractivity contribution >= 4 is 0 Å². The van der Waals surface area contributed by atoms with Crippen molar-refractivity contribution in [3.8, 4) is 17.1 Å². The smallest absolute Gasteiger partial charge is 0.167 e. The Morgan fingerprint density at radius 2 is 2.00 bits per heavy atom. The first-order valence-electron chi connectivity index (χ1n) is 5.97. The highest BCUT2D eigenvalue weighted by Gasteiger charge is 2.11. The number of hydrogen-bond donors (Lipinski definition) is 1. The summed E-state index contributed by atoms with van der Waals surface area (Å²) < 4.78 is 10.7. The lowest BCUT2D eigenvalue weighted by Gasteiger charge is -2.08. The molecular weight excluding hydrogens is 228 g/mol. The van der Waals surface area contributed by atoms with Crippen molar-refractivity contribution in [3.05, 3.63) is 35.0 Å². The molecule has 1 heterocycles. The van der Waals surface area contributed by atoms with Crippen molar-refractivity contribution in [2.24, 2.45) is 5.73 Å². The Hall–Kier alpha value is -1.81. The molecule has 1 aromatic carbocycles. The average molecular weight is 246 g/mol. The van der Waals surface area contributed by atoms with Crippen LogP contribution in [0, 0.1) is 13.8 Å². The van der Waals surface area contributed by atoms with Gasteiger partial charge in [-0.3, -0.25) is 0 Å². The zero-order valence-electron chi connectivity index (χ0n) is 11.0. The summed E-state index contributed by atoms with van der Waals surface area (Å²) in [5.41, 5.74) is 9.62. The third-order valence-corrected chi connectivity index (χ3v) is 2.97. The number of methoxy groups -OCH3 is 1. The Morgan fingerprint density at radius 1 is 1.22 bits per heavy atom. The molecule has 0 aliphatic heterocycles. The van der Waals surface area contributed by atoms with Crippen LogP contribution in [0.1, 0.15) is 16.8 Å². The number of hydrogen-bond acceptors (Lipinski definition) is 4. The van der Waals surface area contributed by atoms with E-state index in [0.717, 1.165) is 40.3 Å². The highest BCUT2D eigenvalue weighted by molar-refractivity contribution is 5.65. The van der Waals surface area contributed by atoms with Gasteiger partial charge in [-0.25, -0.2) is 0 Å². The number of aryl methyl sites for hydroxylation is 2. The molecule has 0 saturated heterocycles. The Kier molecular flexibility index (Phi) is 3.67. The van der Waals surface area contributed by atoms with Crippen LogP contribution < -0.4 is 10.5 Å². The van der Waals surface area contributed by atoms with Crippen molar-refractivity contribution in [1.29, 1.82) is 0 Å². The Morgan fingerprint density at radius 3 is 2.67 bits per heavy atom. The maximum atomic E-state index is 5.50. The molecule has 0 spiro atoms. The number of nitrogens with two attached hydrogens (primary N) is 1. The Labute approximate surface area is 107 Å². The number of aromatic nitrogens is 1. The molecule has 0 saturated carbocycles. The molecule has 18 heavy (non-hydrogen) atoms. The van der Waals surface area contributed by atoms with E-state index in [2.05, 4.69) is 11.2 Å². The van der Waals surface area contributed by atoms with Crippen LogP contribution in [0.4, 0.5) is 0 Å². The number of ether oxygens (including phenoxy) is 1. The third kappa shape index (κ3) is 2.38. The Balaban J connectivity index is 2.40. The summed E-state index contributed by atoms with van der Waals surface area (Å²) in [4.78, 5) is 0. The molecule has 0 atom stereocenters. The summed E-state index contributed by atoms with van der Waals surface area (Å²) in [6.45, 7) is 4.62. The fourth-order valence-electron chi connectivity index (χ4n) is 1.98. The van der Waals surface area contributed by atoms with Gasteiger partial charge in [-0.15, -0.1) is 0 Å². The van der Waals surface area contributed by atoms with Crippen molar-refractivity contribution in [2.75, 3.05) is 13.7 Å². The van der Waals surface area contributed by atoms with Gasteiger partial charge in [-0.05, 0) is 43.7 Å². The largest absolute Gasteiger partial charge is 0.496 e. The minimum Gasteiger partial charge on any atom is -0.496 e. The van der Waals surface area contributed by atoms with Crippen molar-refractivity contribution < 1.29 is 9.26 Å². The lowest BCUT2D eigenvalue weighted by Crippen LogP contribution is -2.02. The normalized spacial score (nSPS) is 10.7. The monoisotopic (exact) mass is 246 g/mol. The second-order valence-corrected chi connectivity index (χ2v) is 4.36. The second kappa shape index (κ2) is 5.23. The highest BCUT2D eigenvalue weighted by atomic mass is 16.5. The van der Waals surface area contributed by atoms with Gasteiger partial charge in [0, 0.05) is 18.1 Å². The van der Waals surface area contributed by atoms with Crippen molar-refractivity contribution in [1.82, 2.24) is 5.16 Å². The van der Waals surface area contributed by atoms with Crippen LogP contribution >= 0.6 is 0 Å². The minimum absolute atomic E-state index is 0.576. The molecule has 4 heteroatoms. The fourth-order valence-corrected chi connectivity index (χ4v) is 1.98. The molecule has 0 aliphatic rings. The molecule has 4 nitrogen and oxygen atoms in total. The number of benzene rings is 1. The predicted octanol–water partition coefficient (Wildman–Crippen LogP) is 2.47. The molecule has 2 rings (SSSR count). The van der Waals surface area contributed by atoms with E-state index < -0.39 is 0 Å². The third-order valence-electron chi connectivity index (χ3n) is 2.97. The molecule has 2 N–H and O–H groups in total. The van der Waals surface area contributed by atoms with Crippen LogP contribution in [0.2, 0.25) is 0 Å². The lowest BCUT2D eigenvalue weighted by atomic mass is 10.0. The zero-order chi connectivity index (χ0) is 13.1. The maximum Gasteiger partial charge on any atom is 0.167 e. The molecular formula is C14H18N2O2. The van der Waals surface area contributed by atoms with E-state index in [1.54, 1.807) is 7.11 Å². The van der Waals surface area contributed by atoms with Crippen molar-refractivity contribution in [3.63, 3.8) is 0 Å². The first-order chi connectivity index (χ1) is 8.65. The quantitative estimate of drug-likeness (QED) is 0.900. The van der Waals surface area contributed by atoms with E-state index >= 15 is 0 Å². The standard InChI is InChI=1S/C14H18N2O2/c1-9-7-13(17-3)10(2)6-12(9)14-8-11(4-5-15)16-18-14/h6-8H,4-5,15H2,1-3H3. The van der Waals surface area contributed by atoms with Crippen LogP contribution in [-0.4, -0.2) is 18.8 Å². The molecule has 0 bridgehead atoms. The number of nitrogens with zero attached hydrogens (tertiary/aromatic N) is 1. The SMILES string of the molecule is COc1cc(C)c(-c2cc(CCN)no2)cc1C. The predicted molar refractivity (Wildman–Crippen MR) is 70.7 cm³/mol. The highest BCUT2D eigenvalue weighted by Crippen LogP contribution is 2.30. The summed E-state index contributed by atoms with van der Waals surface area (Å²) in [7, 11) is 1.68. The van der Waals surface area contributed by atoms with Crippen molar-refractivity contribution in [2.45, 2.75) is 20.3 Å². The van der Waals surface area contributed by atoms with E-state index in [1.807, 2.05) is 26.0 Å². The van der Waals surface area contributed by atoms with Crippen LogP contribution in [0.5, 0.6) is 5.75 Å². The summed E-state index contributed by atoms with van der Waals surface area (Å²) >= 11 is 0. The molecule has 0 unspecified atom stereocenters. The molecule has 0 amide bonds. The first kappa shape index (κ1) is 12.6. The average Bonchev–Trinajstić information content (AvgIpc) is 2.80. The van der Waals surface area contributed by atoms with E-state index in [0.29, 0.717) is 6.54 Å². The van der Waals surface area contributed by atoms with E-state index in [1.165, 1.54) is 0 Å². The molecule has 96 valence electrons. The van der Waals surface area contributed by atoms with Gasteiger partial charge in [-0.1, -0.05) is 5.16 Å². The van der Waals surface area contributed by atoms with Gasteiger partial charge in [0.25, 0.3) is 0 Å². The van der Waals surface area contributed by atoms with E-state index in [4.69, 9.17) is 15.0 Å². The minimum atomic E-state index is 0.576. The van der Waals surface area contributed by atoms with Crippen LogP contribution in [0.15, 0.2) is 22.7 Å². The molecule has 0 radical (unpaired) electrons. The summed E-state index contributed by atoms with van der Waals surface area (Å²) in [5, 5.41) is 4.01. The van der Waals surface area contributed by atoms with E-state index in [9.17, 15) is 0 Å². The van der Waals surface area contributed by atoms with Gasteiger partial charge >= 0.3 is 0 Å². The van der Waals surface area contributed by atoms with Gasteiger partial charge < -0.3 is 15.0 Å². The van der Waals surface area contributed by atoms with Gasteiger partial charge in [-0.2, -0.15) is 0 Å². The summed E-state index contributed by atoms with van der Waals surface area (Å²) in [6.07, 6.45) is 0.734. The van der Waals surface area contributed by atoms with E-state index in [-0.39, 0.29) is 0 Å². The zero-order valence-corrected chi connectivity index (χ0v) is 11.0. The molecule has 2 aromatic rings. The van der Waals surface area contributed by atoms with Gasteiger partial charge in [0.15, 0.2) is 5.76 Å². The first-order valence-corrected chi connectivity index (χ1v) is 5.97. The maximum absolute atomic E-state index is 5.50. The summed E-state index contributed by atoms with van der Waals surface area (Å²) in [6, 6.07) is 6.01.